The van der Waals surface area contributed by atoms with Gasteiger partial charge in [-0.05, 0) is 49.7 Å². The predicted octanol–water partition coefficient (Wildman–Crippen LogP) is 4.34. The molecule has 1 atom stereocenters. The van der Waals surface area contributed by atoms with Crippen LogP contribution in [0.2, 0.25) is 0 Å². The third kappa shape index (κ3) is 5.58. The lowest BCUT2D eigenvalue weighted by Gasteiger charge is -2.17. The standard InChI is InChI=1S/C23H27N3O4S/c1-4-14-30-17-12-10-16(11-13-17)26-21(27)15-20(22(26)28)31-23(24-5-2)25-18-8-6-7-9-19(18)29-3/h6-13,20H,4-5,14-15H2,1-3H3,(H,24,25). The van der Waals surface area contributed by atoms with Crippen LogP contribution >= 0.6 is 11.8 Å². The van der Waals surface area contributed by atoms with Crippen molar-refractivity contribution in [3.8, 4) is 11.5 Å². The van der Waals surface area contributed by atoms with E-state index in [0.29, 0.717) is 35.5 Å². The summed E-state index contributed by atoms with van der Waals surface area (Å²) in [4.78, 5) is 31.4. The number of imide groups is 1. The third-order valence-electron chi connectivity index (χ3n) is 4.58. The highest BCUT2D eigenvalue weighted by molar-refractivity contribution is 8.15. The van der Waals surface area contributed by atoms with Gasteiger partial charge >= 0.3 is 0 Å². The first kappa shape index (κ1) is 22.7. The number of para-hydroxylation sites is 2. The fraction of sp³-hybridized carbons (Fsp3) is 0.348. The molecule has 0 radical (unpaired) electrons. The molecule has 3 rings (SSSR count). The van der Waals surface area contributed by atoms with Crippen molar-refractivity contribution in [1.82, 2.24) is 0 Å². The largest absolute Gasteiger partial charge is 0.495 e. The fourth-order valence-electron chi connectivity index (χ4n) is 3.13. The van der Waals surface area contributed by atoms with E-state index in [1.54, 1.807) is 31.4 Å². The van der Waals surface area contributed by atoms with Crippen LogP contribution < -0.4 is 19.7 Å². The molecule has 0 aliphatic carbocycles. The second kappa shape index (κ2) is 10.9. The molecule has 31 heavy (non-hydrogen) atoms. The molecule has 0 bridgehead atoms. The molecule has 7 nitrogen and oxygen atoms in total. The molecule has 1 saturated heterocycles. The maximum absolute atomic E-state index is 13.0. The summed E-state index contributed by atoms with van der Waals surface area (Å²) in [6.45, 7) is 5.12. The van der Waals surface area contributed by atoms with Gasteiger partial charge in [0.1, 0.15) is 16.7 Å². The molecular formula is C23H27N3O4S. The van der Waals surface area contributed by atoms with Gasteiger partial charge in [0.05, 0.1) is 25.1 Å². The van der Waals surface area contributed by atoms with Crippen LogP contribution in [0.5, 0.6) is 11.5 Å². The van der Waals surface area contributed by atoms with Gasteiger partial charge < -0.3 is 14.8 Å². The summed E-state index contributed by atoms with van der Waals surface area (Å²) in [5, 5.41) is 3.26. The number of hydrogen-bond acceptors (Lipinski definition) is 6. The summed E-state index contributed by atoms with van der Waals surface area (Å²) < 4.78 is 11.0. The van der Waals surface area contributed by atoms with Gasteiger partial charge in [-0.25, -0.2) is 4.90 Å². The van der Waals surface area contributed by atoms with Crippen LogP contribution in [0.15, 0.2) is 53.5 Å². The van der Waals surface area contributed by atoms with Crippen LogP contribution in [0.3, 0.4) is 0 Å². The minimum absolute atomic E-state index is 0.119. The van der Waals surface area contributed by atoms with Gasteiger partial charge in [0.15, 0.2) is 5.17 Å². The number of benzene rings is 2. The monoisotopic (exact) mass is 441 g/mol. The van der Waals surface area contributed by atoms with E-state index in [1.165, 1.54) is 16.7 Å². The number of nitrogens with one attached hydrogen (secondary N) is 1. The van der Waals surface area contributed by atoms with E-state index in [-0.39, 0.29) is 18.2 Å². The highest BCUT2D eigenvalue weighted by atomic mass is 32.2. The van der Waals surface area contributed by atoms with Crippen molar-refractivity contribution >= 4 is 40.1 Å². The number of thioether (sulfide) groups is 1. The molecule has 8 heteroatoms. The summed E-state index contributed by atoms with van der Waals surface area (Å²) in [7, 11) is 1.60. The Labute approximate surface area is 186 Å². The molecule has 1 aliphatic rings. The summed E-state index contributed by atoms with van der Waals surface area (Å²) in [5.41, 5.74) is 1.30. The van der Waals surface area contributed by atoms with E-state index < -0.39 is 5.25 Å². The topological polar surface area (TPSA) is 80.2 Å². The van der Waals surface area contributed by atoms with E-state index in [0.717, 1.165) is 12.1 Å². The van der Waals surface area contributed by atoms with Gasteiger partial charge in [-0.1, -0.05) is 30.8 Å². The first-order valence-electron chi connectivity index (χ1n) is 10.3. The van der Waals surface area contributed by atoms with Crippen molar-refractivity contribution in [2.45, 2.75) is 31.9 Å². The van der Waals surface area contributed by atoms with Crippen LogP contribution in [0.1, 0.15) is 26.7 Å². The molecule has 164 valence electrons. The van der Waals surface area contributed by atoms with Crippen molar-refractivity contribution in [2.24, 2.45) is 4.99 Å². The molecule has 1 N–H and O–H groups in total. The second-order valence-corrected chi connectivity index (χ2v) is 8.02. The lowest BCUT2D eigenvalue weighted by molar-refractivity contribution is -0.121. The number of amidine groups is 1. The quantitative estimate of drug-likeness (QED) is 0.373. The predicted molar refractivity (Wildman–Crippen MR) is 125 cm³/mol. The maximum Gasteiger partial charge on any atom is 0.247 e. The Morgan fingerprint density at radius 2 is 1.90 bits per heavy atom. The SMILES string of the molecule is CCCOc1ccc(N2C(=O)CC(SC(=NCC)Nc3ccccc3OC)C2=O)cc1. The molecule has 1 unspecified atom stereocenters. The first-order chi connectivity index (χ1) is 15.1. The van der Waals surface area contributed by atoms with E-state index in [1.807, 2.05) is 38.1 Å². The Morgan fingerprint density at radius 1 is 1.16 bits per heavy atom. The lowest BCUT2D eigenvalue weighted by Crippen LogP contribution is -2.31. The van der Waals surface area contributed by atoms with Gasteiger partial charge in [0.25, 0.3) is 0 Å². The van der Waals surface area contributed by atoms with E-state index in [9.17, 15) is 9.59 Å². The lowest BCUT2D eigenvalue weighted by atomic mass is 10.3. The molecular weight excluding hydrogens is 414 g/mol. The number of anilines is 2. The van der Waals surface area contributed by atoms with Crippen LogP contribution in [-0.2, 0) is 9.59 Å². The number of hydrogen-bond donors (Lipinski definition) is 1. The summed E-state index contributed by atoms with van der Waals surface area (Å²) in [6.07, 6.45) is 1.03. The minimum Gasteiger partial charge on any atom is -0.495 e. The average molecular weight is 442 g/mol. The Bertz CT molecular complexity index is 946. The minimum atomic E-state index is -0.545. The zero-order chi connectivity index (χ0) is 22.2. The van der Waals surface area contributed by atoms with Gasteiger partial charge in [0.2, 0.25) is 11.8 Å². The molecule has 1 fully saturated rings. The Balaban J connectivity index is 1.72. The van der Waals surface area contributed by atoms with E-state index >= 15 is 0 Å². The number of rotatable bonds is 8. The third-order valence-corrected chi connectivity index (χ3v) is 5.68. The van der Waals surface area contributed by atoms with Crippen LogP contribution in [0.4, 0.5) is 11.4 Å². The van der Waals surface area contributed by atoms with Gasteiger partial charge in [-0.15, -0.1) is 0 Å². The molecule has 0 saturated carbocycles. The van der Waals surface area contributed by atoms with Crippen molar-refractivity contribution in [3.05, 3.63) is 48.5 Å². The fourth-order valence-corrected chi connectivity index (χ4v) is 4.20. The average Bonchev–Trinajstić information content (AvgIpc) is 3.06. The molecule has 2 aromatic rings. The normalized spacial score (nSPS) is 16.5. The Morgan fingerprint density at radius 3 is 2.58 bits per heavy atom. The number of amides is 2. The zero-order valence-corrected chi connectivity index (χ0v) is 18.8. The van der Waals surface area contributed by atoms with Crippen LogP contribution in [0.25, 0.3) is 0 Å². The van der Waals surface area contributed by atoms with Gasteiger partial charge in [0, 0.05) is 13.0 Å². The number of aliphatic imine (C=N–C) groups is 1. The molecule has 1 aliphatic heterocycles. The van der Waals surface area contributed by atoms with E-state index in [2.05, 4.69) is 10.3 Å². The number of ether oxygens (including phenoxy) is 2. The van der Waals surface area contributed by atoms with Crippen LogP contribution in [0, 0.1) is 0 Å². The van der Waals surface area contributed by atoms with Gasteiger partial charge in [-0.3, -0.25) is 14.6 Å². The summed E-state index contributed by atoms with van der Waals surface area (Å²) in [5.74, 6) is 0.919. The Hall–Kier alpha value is -3.00. The number of nitrogens with zero attached hydrogens (tertiary/aromatic N) is 2. The second-order valence-electron chi connectivity index (χ2n) is 6.83. The first-order valence-corrected chi connectivity index (χ1v) is 11.2. The zero-order valence-electron chi connectivity index (χ0n) is 18.0. The highest BCUT2D eigenvalue weighted by Gasteiger charge is 2.40. The maximum atomic E-state index is 13.0. The molecule has 0 aromatic heterocycles. The molecule has 1 heterocycles. The summed E-state index contributed by atoms with van der Waals surface area (Å²) in [6, 6.07) is 14.5. The molecule has 2 aromatic carbocycles. The summed E-state index contributed by atoms with van der Waals surface area (Å²) >= 11 is 1.26. The van der Waals surface area contributed by atoms with E-state index in [4.69, 9.17) is 9.47 Å². The Kier molecular flexibility index (Phi) is 7.94. The van der Waals surface area contributed by atoms with Crippen molar-refractivity contribution in [3.63, 3.8) is 0 Å². The number of carbonyl (C=O) groups excluding carboxylic acids is 2. The highest BCUT2D eigenvalue weighted by Crippen LogP contribution is 2.32. The van der Waals surface area contributed by atoms with Gasteiger partial charge in [-0.2, -0.15) is 0 Å². The molecule has 0 spiro atoms. The number of carbonyl (C=O) groups is 2. The molecule has 2 amide bonds. The van der Waals surface area contributed by atoms with Crippen molar-refractivity contribution < 1.29 is 19.1 Å². The smallest absolute Gasteiger partial charge is 0.247 e. The van der Waals surface area contributed by atoms with Crippen molar-refractivity contribution in [1.29, 1.82) is 0 Å². The van der Waals surface area contributed by atoms with Crippen molar-refractivity contribution in [2.75, 3.05) is 30.5 Å². The van der Waals surface area contributed by atoms with Crippen LogP contribution in [-0.4, -0.2) is 42.5 Å². The number of methoxy groups -OCH3 is 1.